The van der Waals surface area contributed by atoms with Crippen molar-refractivity contribution in [2.24, 2.45) is 11.8 Å². The molecular formula is C29H37NO5. The van der Waals surface area contributed by atoms with Crippen molar-refractivity contribution in [3.8, 4) is 5.75 Å². The zero-order valence-electron chi connectivity index (χ0n) is 21.4. The fourth-order valence-electron chi connectivity index (χ4n) is 4.49. The average molecular weight is 480 g/mol. The van der Waals surface area contributed by atoms with Crippen molar-refractivity contribution >= 4 is 17.7 Å². The Kier molecular flexibility index (Phi) is 8.96. The largest absolute Gasteiger partial charge is 0.497 e. The molecule has 0 saturated carbocycles. The van der Waals surface area contributed by atoms with Gasteiger partial charge in [-0.05, 0) is 68.9 Å². The topological polar surface area (TPSA) is 65.1 Å². The quantitative estimate of drug-likeness (QED) is 0.394. The summed E-state index contributed by atoms with van der Waals surface area (Å²) in [5.74, 6) is 0.793. The predicted octanol–water partition coefficient (Wildman–Crippen LogP) is 6.71. The third kappa shape index (κ3) is 7.35. The molecule has 0 spiro atoms. The third-order valence-electron chi connectivity index (χ3n) is 6.15. The van der Waals surface area contributed by atoms with Gasteiger partial charge in [-0.15, -0.1) is 0 Å². The first-order chi connectivity index (χ1) is 16.7. The second-order valence-electron chi connectivity index (χ2n) is 9.93. The monoisotopic (exact) mass is 479 g/mol. The Labute approximate surface area is 208 Å². The van der Waals surface area contributed by atoms with Crippen LogP contribution in [-0.4, -0.2) is 31.4 Å². The van der Waals surface area contributed by atoms with E-state index in [4.69, 9.17) is 14.2 Å². The zero-order chi connectivity index (χ0) is 25.4. The molecule has 1 amide bonds. The zero-order valence-corrected chi connectivity index (χ0v) is 21.4. The summed E-state index contributed by atoms with van der Waals surface area (Å²) >= 11 is 0. The van der Waals surface area contributed by atoms with E-state index in [0.29, 0.717) is 24.5 Å². The van der Waals surface area contributed by atoms with Crippen molar-refractivity contribution in [1.82, 2.24) is 0 Å². The molecule has 6 nitrogen and oxygen atoms in total. The lowest BCUT2D eigenvalue weighted by Gasteiger charge is -2.35. The van der Waals surface area contributed by atoms with Crippen molar-refractivity contribution in [1.29, 1.82) is 0 Å². The Bertz CT molecular complexity index is 994. The van der Waals surface area contributed by atoms with E-state index in [1.807, 2.05) is 69.3 Å². The second kappa shape index (κ2) is 11.9. The van der Waals surface area contributed by atoms with Gasteiger partial charge in [-0.3, -0.25) is 9.69 Å². The number of cyclic esters (lactones) is 1. The molecule has 1 saturated heterocycles. The van der Waals surface area contributed by atoms with Crippen molar-refractivity contribution in [2.75, 3.05) is 18.6 Å². The van der Waals surface area contributed by atoms with E-state index >= 15 is 0 Å². The SMILES string of the molecule is CCC[C@H]1COC(=O)C[C@@H]1[C@H](/C=C\N(C(=O)OC(C)(C)C)c1ccc(OC)cc1)c1ccccc1. The summed E-state index contributed by atoms with van der Waals surface area (Å²) in [5, 5.41) is 0. The van der Waals surface area contributed by atoms with Gasteiger partial charge < -0.3 is 14.2 Å². The van der Waals surface area contributed by atoms with Gasteiger partial charge in [0.2, 0.25) is 0 Å². The summed E-state index contributed by atoms with van der Waals surface area (Å²) in [5.41, 5.74) is 1.12. The number of rotatable bonds is 8. The molecule has 3 rings (SSSR count). The molecule has 0 bridgehead atoms. The number of benzene rings is 2. The van der Waals surface area contributed by atoms with Crippen LogP contribution in [0.2, 0.25) is 0 Å². The molecule has 188 valence electrons. The Morgan fingerprint density at radius 3 is 2.43 bits per heavy atom. The summed E-state index contributed by atoms with van der Waals surface area (Å²) in [6.45, 7) is 8.11. The van der Waals surface area contributed by atoms with E-state index in [9.17, 15) is 9.59 Å². The molecule has 1 aliphatic heterocycles. The smallest absolute Gasteiger partial charge is 0.418 e. The number of carbonyl (C=O) groups excluding carboxylic acids is 2. The molecule has 2 aromatic rings. The lowest BCUT2D eigenvalue weighted by atomic mass is 9.73. The Balaban J connectivity index is 2.01. The Morgan fingerprint density at radius 1 is 1.14 bits per heavy atom. The van der Waals surface area contributed by atoms with Crippen molar-refractivity contribution < 1.29 is 23.8 Å². The molecule has 2 aromatic carbocycles. The lowest BCUT2D eigenvalue weighted by Crippen LogP contribution is -2.35. The van der Waals surface area contributed by atoms with Crippen LogP contribution >= 0.6 is 0 Å². The maximum absolute atomic E-state index is 13.2. The van der Waals surface area contributed by atoms with Crippen LogP contribution in [-0.2, 0) is 14.3 Å². The van der Waals surface area contributed by atoms with Crippen LogP contribution in [0.5, 0.6) is 5.75 Å². The van der Waals surface area contributed by atoms with Gasteiger partial charge >= 0.3 is 12.1 Å². The Hall–Kier alpha value is -3.28. The minimum Gasteiger partial charge on any atom is -0.497 e. The number of esters is 1. The summed E-state index contributed by atoms with van der Waals surface area (Å²) in [4.78, 5) is 27.0. The van der Waals surface area contributed by atoms with Gasteiger partial charge in [0.25, 0.3) is 0 Å². The first kappa shape index (κ1) is 26.3. The van der Waals surface area contributed by atoms with Gasteiger partial charge in [0.15, 0.2) is 0 Å². The van der Waals surface area contributed by atoms with Crippen LogP contribution in [0.15, 0.2) is 66.9 Å². The van der Waals surface area contributed by atoms with Gasteiger partial charge in [0.1, 0.15) is 11.4 Å². The minimum absolute atomic E-state index is 0.0659. The van der Waals surface area contributed by atoms with Crippen LogP contribution in [0.4, 0.5) is 10.5 Å². The number of methoxy groups -OCH3 is 1. The van der Waals surface area contributed by atoms with E-state index in [1.54, 1.807) is 13.3 Å². The standard InChI is InChI=1S/C29H37NO5/c1-6-10-22-20-34-27(31)19-26(22)25(21-11-8-7-9-12-21)17-18-30(28(32)35-29(2,3)4)23-13-15-24(33-5)16-14-23/h7-9,11-18,22,25-26H,6,10,19-20H2,1-5H3/b18-17-/t22-,25+,26-/m0/s1. The van der Waals surface area contributed by atoms with Gasteiger partial charge in [0, 0.05) is 18.5 Å². The maximum Gasteiger partial charge on any atom is 0.418 e. The highest BCUT2D eigenvalue weighted by atomic mass is 16.6. The molecule has 1 fully saturated rings. The van der Waals surface area contributed by atoms with Crippen LogP contribution < -0.4 is 9.64 Å². The average Bonchev–Trinajstić information content (AvgIpc) is 2.83. The Morgan fingerprint density at radius 2 is 1.83 bits per heavy atom. The van der Waals surface area contributed by atoms with Gasteiger partial charge in [-0.1, -0.05) is 49.8 Å². The third-order valence-corrected chi connectivity index (χ3v) is 6.15. The van der Waals surface area contributed by atoms with Crippen molar-refractivity contribution in [2.45, 2.75) is 58.5 Å². The van der Waals surface area contributed by atoms with Crippen molar-refractivity contribution in [3.63, 3.8) is 0 Å². The van der Waals surface area contributed by atoms with Gasteiger partial charge in [-0.2, -0.15) is 0 Å². The molecule has 0 aliphatic carbocycles. The number of hydrogen-bond donors (Lipinski definition) is 0. The molecule has 0 N–H and O–H groups in total. The molecule has 6 heteroatoms. The number of carbonyl (C=O) groups is 2. The number of allylic oxidation sites excluding steroid dienone is 1. The molecule has 0 radical (unpaired) electrons. The maximum atomic E-state index is 13.2. The van der Waals surface area contributed by atoms with Crippen molar-refractivity contribution in [3.05, 3.63) is 72.4 Å². The molecule has 0 unspecified atom stereocenters. The fourth-order valence-corrected chi connectivity index (χ4v) is 4.49. The van der Waals surface area contributed by atoms with E-state index in [0.717, 1.165) is 18.4 Å². The summed E-state index contributed by atoms with van der Waals surface area (Å²) in [6.07, 6.45) is 5.66. The van der Waals surface area contributed by atoms with Crippen LogP contribution in [0.25, 0.3) is 0 Å². The first-order valence-corrected chi connectivity index (χ1v) is 12.3. The van der Waals surface area contributed by atoms with E-state index in [1.165, 1.54) is 4.90 Å². The van der Waals surface area contributed by atoms with Gasteiger partial charge in [-0.25, -0.2) is 4.79 Å². The minimum atomic E-state index is -0.645. The number of ether oxygens (including phenoxy) is 3. The molecule has 1 heterocycles. The van der Waals surface area contributed by atoms with E-state index < -0.39 is 11.7 Å². The lowest BCUT2D eigenvalue weighted by molar-refractivity contribution is -0.153. The van der Waals surface area contributed by atoms with Crippen LogP contribution in [0.3, 0.4) is 0 Å². The van der Waals surface area contributed by atoms with E-state index in [-0.39, 0.29) is 23.7 Å². The van der Waals surface area contributed by atoms with Crippen LogP contribution in [0, 0.1) is 11.8 Å². The summed E-state index contributed by atoms with van der Waals surface area (Å²) in [7, 11) is 1.60. The summed E-state index contributed by atoms with van der Waals surface area (Å²) in [6, 6.07) is 17.4. The second-order valence-corrected chi connectivity index (χ2v) is 9.93. The number of nitrogens with zero attached hydrogens (tertiary/aromatic N) is 1. The molecule has 0 aromatic heterocycles. The number of amides is 1. The van der Waals surface area contributed by atoms with E-state index in [2.05, 4.69) is 19.1 Å². The highest BCUT2D eigenvalue weighted by Crippen LogP contribution is 2.39. The fraction of sp³-hybridized carbons (Fsp3) is 0.448. The highest BCUT2D eigenvalue weighted by molar-refractivity contribution is 5.90. The summed E-state index contributed by atoms with van der Waals surface area (Å²) < 4.78 is 16.4. The molecular weight excluding hydrogens is 442 g/mol. The van der Waals surface area contributed by atoms with Gasteiger partial charge in [0.05, 0.1) is 19.4 Å². The predicted molar refractivity (Wildman–Crippen MR) is 137 cm³/mol. The first-order valence-electron chi connectivity index (χ1n) is 12.3. The molecule has 3 atom stereocenters. The normalized spacial score (nSPS) is 19.2. The number of anilines is 1. The highest BCUT2D eigenvalue weighted by Gasteiger charge is 2.36. The molecule has 35 heavy (non-hydrogen) atoms. The van der Waals surface area contributed by atoms with Crippen LogP contribution in [0.1, 0.15) is 58.4 Å². The molecule has 1 aliphatic rings. The number of hydrogen-bond acceptors (Lipinski definition) is 5.